The minimum Gasteiger partial charge on any atom is -0.198 e. The molecule has 0 fully saturated rings. The van der Waals surface area contributed by atoms with E-state index in [1.54, 1.807) is 0 Å². The van der Waals surface area contributed by atoms with Crippen molar-refractivity contribution in [2.75, 3.05) is 0 Å². The van der Waals surface area contributed by atoms with Gasteiger partial charge in [-0.3, -0.25) is 0 Å². The summed E-state index contributed by atoms with van der Waals surface area (Å²) in [6.45, 7) is 8.02. The quantitative estimate of drug-likeness (QED) is 0.191. The van der Waals surface area contributed by atoms with E-state index in [0.717, 1.165) is 25.7 Å². The lowest BCUT2D eigenvalue weighted by molar-refractivity contribution is 0.452. The summed E-state index contributed by atoms with van der Waals surface area (Å²) in [6, 6.07) is 40.1. The largest absolute Gasteiger partial charge is 0.198 e. The van der Waals surface area contributed by atoms with Crippen LogP contribution in [0.3, 0.4) is 0 Å². The van der Waals surface area contributed by atoms with Gasteiger partial charge in [0.25, 0.3) is 0 Å². The molecule has 0 bridgehead atoms. The monoisotopic (exact) mass is 520 g/mol. The van der Waals surface area contributed by atoms with Gasteiger partial charge in [-0.05, 0) is 108 Å². The molecule has 5 rings (SSSR count). The first-order chi connectivity index (χ1) is 19.2. The Kier molecular flexibility index (Phi) is 7.47. The maximum absolute atomic E-state index is 9.39. The van der Waals surface area contributed by atoms with Gasteiger partial charge in [-0.25, -0.2) is 0 Å². The predicted molar refractivity (Wildman–Crippen MR) is 168 cm³/mol. The van der Waals surface area contributed by atoms with Gasteiger partial charge in [0.05, 0.1) is 23.0 Å². The van der Waals surface area contributed by atoms with E-state index in [4.69, 9.17) is 0 Å². The summed E-state index contributed by atoms with van der Waals surface area (Å²) >= 11 is 0. The summed E-state index contributed by atoms with van der Waals surface area (Å²) < 4.78 is 0. The van der Waals surface area contributed by atoms with Crippen LogP contribution in [0.4, 0.5) is 0 Å². The maximum Gasteiger partial charge on any atom is 0.0684 e. The molecule has 0 saturated heterocycles. The van der Waals surface area contributed by atoms with Crippen LogP contribution in [-0.2, 0) is 12.8 Å². The van der Waals surface area contributed by atoms with Crippen molar-refractivity contribution in [1.29, 1.82) is 10.5 Å². The number of rotatable bonds is 8. The highest BCUT2D eigenvalue weighted by atomic mass is 14.3. The molecule has 5 aromatic carbocycles. The van der Waals surface area contributed by atoms with Crippen LogP contribution in [0.2, 0.25) is 0 Å². The van der Waals surface area contributed by atoms with Crippen LogP contribution in [0.1, 0.15) is 51.7 Å². The second-order valence-electron chi connectivity index (χ2n) is 12.2. The molecule has 5 aromatic rings. The van der Waals surface area contributed by atoms with Gasteiger partial charge in [-0.15, -0.1) is 0 Å². The van der Waals surface area contributed by atoms with Crippen LogP contribution in [0.15, 0.2) is 97.1 Å². The molecule has 0 saturated carbocycles. The minimum absolute atomic E-state index is 0.313. The lowest BCUT2D eigenvalue weighted by Crippen LogP contribution is -2.08. The third-order valence-electron chi connectivity index (χ3n) is 8.10. The number of hydrogen-bond acceptors (Lipinski definition) is 2. The number of hydrogen-bond donors (Lipinski definition) is 0. The highest BCUT2D eigenvalue weighted by Gasteiger charge is 2.19. The van der Waals surface area contributed by atoms with Crippen molar-refractivity contribution in [2.24, 2.45) is 10.8 Å². The van der Waals surface area contributed by atoms with Crippen molar-refractivity contribution in [2.45, 2.75) is 53.4 Å². The zero-order valence-corrected chi connectivity index (χ0v) is 24.0. The molecule has 0 aliphatic carbocycles. The molecule has 0 aromatic heterocycles. The lowest BCUT2D eigenvalue weighted by Gasteiger charge is -2.19. The fourth-order valence-electron chi connectivity index (χ4n) is 5.45. The number of fused-ring (bicyclic) bond motifs is 2. The molecule has 2 heteroatoms. The topological polar surface area (TPSA) is 47.6 Å². The van der Waals surface area contributed by atoms with Gasteiger partial charge in [-0.2, -0.15) is 10.5 Å². The highest BCUT2D eigenvalue weighted by molar-refractivity contribution is 6.21. The van der Waals surface area contributed by atoms with Crippen molar-refractivity contribution < 1.29 is 0 Å². The molecular weight excluding hydrogens is 484 g/mol. The van der Waals surface area contributed by atoms with Crippen LogP contribution in [-0.4, -0.2) is 0 Å². The molecule has 0 N–H and O–H groups in total. The maximum atomic E-state index is 9.39. The normalized spacial score (nSPS) is 11.8. The smallest absolute Gasteiger partial charge is 0.0684 e. The number of benzene rings is 5. The van der Waals surface area contributed by atoms with E-state index >= 15 is 0 Å². The van der Waals surface area contributed by atoms with Crippen molar-refractivity contribution in [3.8, 4) is 34.4 Å². The van der Waals surface area contributed by atoms with E-state index < -0.39 is 0 Å². The van der Waals surface area contributed by atoms with Crippen LogP contribution < -0.4 is 0 Å². The summed E-state index contributed by atoms with van der Waals surface area (Å²) in [4.78, 5) is 0. The van der Waals surface area contributed by atoms with Crippen molar-refractivity contribution in [1.82, 2.24) is 0 Å². The average molecular weight is 521 g/mol. The van der Waals surface area contributed by atoms with Gasteiger partial charge in [0.2, 0.25) is 0 Å². The summed E-state index contributed by atoms with van der Waals surface area (Å²) in [5.41, 5.74) is 6.82. The Morgan fingerprint density at radius 1 is 0.475 bits per heavy atom. The van der Waals surface area contributed by atoms with Gasteiger partial charge in [0.1, 0.15) is 0 Å². The van der Waals surface area contributed by atoms with Gasteiger partial charge >= 0.3 is 0 Å². The Morgan fingerprint density at radius 2 is 0.775 bits per heavy atom. The minimum atomic E-state index is -0.313. The van der Waals surface area contributed by atoms with Gasteiger partial charge < -0.3 is 0 Å². The molecule has 40 heavy (non-hydrogen) atoms. The zero-order chi connectivity index (χ0) is 28.3. The molecule has 0 aliphatic rings. The van der Waals surface area contributed by atoms with E-state index in [-0.39, 0.29) is 10.8 Å². The molecule has 0 aliphatic heterocycles. The molecular formula is C38H36N2. The molecule has 0 unspecified atom stereocenters. The summed E-state index contributed by atoms with van der Waals surface area (Å²) in [5, 5.41) is 23.8. The number of nitrogens with zero attached hydrogens (tertiary/aromatic N) is 2. The van der Waals surface area contributed by atoms with E-state index in [2.05, 4.69) is 109 Å². The summed E-state index contributed by atoms with van der Waals surface area (Å²) in [7, 11) is 0. The second-order valence-corrected chi connectivity index (χ2v) is 12.2. The molecule has 0 amide bonds. The first kappa shape index (κ1) is 27.2. The fraction of sp³-hybridized carbons (Fsp3) is 0.263. The third-order valence-corrected chi connectivity index (χ3v) is 8.10. The van der Waals surface area contributed by atoms with Gasteiger partial charge in [-0.1, -0.05) is 97.1 Å². The van der Waals surface area contributed by atoms with Gasteiger partial charge in [0, 0.05) is 0 Å². The van der Waals surface area contributed by atoms with E-state index in [9.17, 15) is 10.5 Å². The number of aryl methyl sites for hydroxylation is 2. The summed E-state index contributed by atoms with van der Waals surface area (Å²) in [6.07, 6.45) is 3.48. The predicted octanol–water partition coefficient (Wildman–Crippen LogP) is 10.3. The molecule has 0 heterocycles. The van der Waals surface area contributed by atoms with E-state index in [1.807, 2.05) is 27.7 Å². The molecule has 0 radical (unpaired) electrons. The molecule has 0 atom stereocenters. The zero-order valence-electron chi connectivity index (χ0n) is 24.0. The number of nitriles is 2. The standard InChI is InChI=1S/C38H36N2/c1-37(2,25-39)23-21-27-13-17-29(18-14-27)35-31-9-5-7-11-33(31)36(34-12-8-6-10-32(34)35)30-19-15-28(16-20-30)22-24-38(3,4)26-40/h5-20H,21-24H2,1-4H3. The highest BCUT2D eigenvalue weighted by Crippen LogP contribution is 2.43. The first-order valence-electron chi connectivity index (χ1n) is 14.2. The lowest BCUT2D eigenvalue weighted by atomic mass is 9.84. The van der Waals surface area contributed by atoms with Gasteiger partial charge in [0.15, 0.2) is 0 Å². The third kappa shape index (κ3) is 5.64. The Morgan fingerprint density at radius 3 is 1.05 bits per heavy atom. The second kappa shape index (κ2) is 11.0. The Bertz CT molecular complexity index is 1550. The van der Waals surface area contributed by atoms with Crippen LogP contribution in [0.5, 0.6) is 0 Å². The van der Waals surface area contributed by atoms with Crippen LogP contribution >= 0.6 is 0 Å². The SMILES string of the molecule is CC(C)(C#N)CCc1ccc(-c2c3ccccc3c(-c3ccc(CCC(C)(C)C#N)cc3)c3ccccc23)cc1. The van der Waals surface area contributed by atoms with Crippen molar-refractivity contribution in [3.05, 3.63) is 108 Å². The summed E-state index contributed by atoms with van der Waals surface area (Å²) in [5.74, 6) is 0. The molecule has 0 spiro atoms. The Hall–Kier alpha value is -4.40. The Labute approximate surface area is 238 Å². The van der Waals surface area contributed by atoms with E-state index in [1.165, 1.54) is 54.9 Å². The Balaban J connectivity index is 1.58. The van der Waals surface area contributed by atoms with Crippen LogP contribution in [0, 0.1) is 33.5 Å². The van der Waals surface area contributed by atoms with Crippen LogP contribution in [0.25, 0.3) is 43.8 Å². The van der Waals surface area contributed by atoms with Crippen molar-refractivity contribution >= 4 is 21.5 Å². The van der Waals surface area contributed by atoms with E-state index in [0.29, 0.717) is 0 Å². The molecule has 2 nitrogen and oxygen atoms in total. The molecule has 198 valence electrons. The average Bonchev–Trinajstić information content (AvgIpc) is 2.98. The fourth-order valence-corrected chi connectivity index (χ4v) is 5.45. The first-order valence-corrected chi connectivity index (χ1v) is 14.2. The van der Waals surface area contributed by atoms with Crippen molar-refractivity contribution in [3.63, 3.8) is 0 Å².